The zero-order valence-corrected chi connectivity index (χ0v) is 12.8. The van der Waals surface area contributed by atoms with Gasteiger partial charge in [-0.15, -0.1) is 12.4 Å². The fraction of sp³-hybridized carbons (Fsp3) is 0.625. The zero-order valence-electron chi connectivity index (χ0n) is 12.0. The molecule has 2 nitrogen and oxygen atoms in total. The first-order valence-corrected chi connectivity index (χ1v) is 7.14. The van der Waals surface area contributed by atoms with Crippen LogP contribution in [0, 0.1) is 12.8 Å². The average molecular weight is 284 g/mol. The molecule has 0 amide bonds. The summed E-state index contributed by atoms with van der Waals surface area (Å²) in [5.74, 6) is 0.297. The van der Waals surface area contributed by atoms with Gasteiger partial charge in [0, 0.05) is 6.54 Å². The Balaban J connectivity index is 0.00000180. The van der Waals surface area contributed by atoms with Crippen molar-refractivity contribution in [1.82, 2.24) is 4.90 Å². The van der Waals surface area contributed by atoms with Gasteiger partial charge in [-0.3, -0.25) is 0 Å². The van der Waals surface area contributed by atoms with Gasteiger partial charge in [-0.25, -0.2) is 0 Å². The van der Waals surface area contributed by atoms with Crippen LogP contribution in [0.5, 0.6) is 0 Å². The van der Waals surface area contributed by atoms with E-state index in [1.807, 2.05) is 12.1 Å². The first-order chi connectivity index (χ1) is 8.66. The molecule has 2 atom stereocenters. The van der Waals surface area contributed by atoms with Crippen LogP contribution >= 0.6 is 12.4 Å². The van der Waals surface area contributed by atoms with E-state index in [1.54, 1.807) is 0 Å². The number of piperidine rings is 1. The molecule has 0 saturated carbocycles. The zero-order chi connectivity index (χ0) is 13.0. The summed E-state index contributed by atoms with van der Waals surface area (Å²) in [5, 5.41) is 10.4. The number of aliphatic hydroxyl groups is 1. The molecule has 1 N–H and O–H groups in total. The Bertz CT molecular complexity index is 360. The molecule has 2 rings (SSSR count). The number of aryl methyl sites for hydroxylation is 1. The van der Waals surface area contributed by atoms with Gasteiger partial charge in [0.25, 0.3) is 0 Å². The molecule has 19 heavy (non-hydrogen) atoms. The van der Waals surface area contributed by atoms with E-state index >= 15 is 0 Å². The van der Waals surface area contributed by atoms with Gasteiger partial charge in [-0.1, -0.05) is 43.2 Å². The Morgan fingerprint density at radius 3 is 2.26 bits per heavy atom. The number of hydrogen-bond acceptors (Lipinski definition) is 2. The highest BCUT2D eigenvalue weighted by molar-refractivity contribution is 5.85. The van der Waals surface area contributed by atoms with Crippen LogP contribution in [-0.4, -0.2) is 29.6 Å². The number of rotatable bonds is 4. The number of aliphatic hydroxyl groups excluding tert-OH is 1. The van der Waals surface area contributed by atoms with E-state index in [0.29, 0.717) is 5.92 Å². The fourth-order valence-electron chi connectivity index (χ4n) is 2.74. The monoisotopic (exact) mass is 283 g/mol. The number of halogens is 1. The van der Waals surface area contributed by atoms with Crippen molar-refractivity contribution in [3.05, 3.63) is 35.4 Å². The summed E-state index contributed by atoms with van der Waals surface area (Å²) in [7, 11) is 0. The molecule has 1 saturated heterocycles. The molecule has 1 fully saturated rings. The molecule has 1 heterocycles. The Labute approximate surface area is 123 Å². The van der Waals surface area contributed by atoms with Crippen LogP contribution in [0.1, 0.15) is 43.4 Å². The minimum Gasteiger partial charge on any atom is -0.388 e. The van der Waals surface area contributed by atoms with E-state index < -0.39 is 0 Å². The first-order valence-electron chi connectivity index (χ1n) is 7.14. The van der Waals surface area contributed by atoms with Crippen molar-refractivity contribution in [3.8, 4) is 0 Å². The lowest BCUT2D eigenvalue weighted by Crippen LogP contribution is -2.35. The van der Waals surface area contributed by atoms with Crippen LogP contribution in [0.25, 0.3) is 0 Å². The summed E-state index contributed by atoms with van der Waals surface area (Å²) in [6, 6.07) is 8.25. The van der Waals surface area contributed by atoms with Gasteiger partial charge in [0.2, 0.25) is 0 Å². The number of hydrogen-bond donors (Lipinski definition) is 1. The predicted molar refractivity (Wildman–Crippen MR) is 82.8 cm³/mol. The van der Waals surface area contributed by atoms with Crippen molar-refractivity contribution in [2.45, 2.75) is 39.2 Å². The molecule has 0 aromatic heterocycles. The maximum atomic E-state index is 10.4. The summed E-state index contributed by atoms with van der Waals surface area (Å²) >= 11 is 0. The van der Waals surface area contributed by atoms with Gasteiger partial charge >= 0.3 is 0 Å². The van der Waals surface area contributed by atoms with Crippen molar-refractivity contribution >= 4 is 12.4 Å². The SMILES string of the molecule is Cc1ccc(C(O)C(C)CN2CCCCC2)cc1.Cl. The molecule has 1 aliphatic heterocycles. The quantitative estimate of drug-likeness (QED) is 0.913. The summed E-state index contributed by atoms with van der Waals surface area (Å²) in [4.78, 5) is 2.49. The molecule has 1 aliphatic rings. The van der Waals surface area contributed by atoms with Crippen molar-refractivity contribution < 1.29 is 5.11 Å². The highest BCUT2D eigenvalue weighted by atomic mass is 35.5. The van der Waals surface area contributed by atoms with E-state index in [4.69, 9.17) is 0 Å². The number of likely N-dealkylation sites (tertiary alicyclic amines) is 1. The van der Waals surface area contributed by atoms with Crippen LogP contribution in [0.3, 0.4) is 0 Å². The second-order valence-corrected chi connectivity index (χ2v) is 5.69. The van der Waals surface area contributed by atoms with Gasteiger partial charge in [-0.05, 0) is 44.3 Å². The lowest BCUT2D eigenvalue weighted by atomic mass is 9.95. The summed E-state index contributed by atoms with van der Waals surface area (Å²) < 4.78 is 0. The molecule has 2 unspecified atom stereocenters. The summed E-state index contributed by atoms with van der Waals surface area (Å²) in [5.41, 5.74) is 2.29. The Morgan fingerprint density at radius 2 is 1.68 bits per heavy atom. The molecule has 1 aromatic carbocycles. The van der Waals surface area contributed by atoms with E-state index in [0.717, 1.165) is 12.1 Å². The fourth-order valence-corrected chi connectivity index (χ4v) is 2.74. The third-order valence-corrected chi connectivity index (χ3v) is 3.95. The molecule has 108 valence electrons. The van der Waals surface area contributed by atoms with Crippen LogP contribution in [-0.2, 0) is 0 Å². The highest BCUT2D eigenvalue weighted by Gasteiger charge is 2.20. The van der Waals surface area contributed by atoms with E-state index in [2.05, 4.69) is 30.9 Å². The molecule has 1 aromatic rings. The summed E-state index contributed by atoms with van der Waals surface area (Å²) in [6.45, 7) is 7.64. The molecule has 0 spiro atoms. The predicted octanol–water partition coefficient (Wildman–Crippen LogP) is 3.57. The van der Waals surface area contributed by atoms with Gasteiger partial charge in [-0.2, -0.15) is 0 Å². The number of benzene rings is 1. The average Bonchev–Trinajstić information content (AvgIpc) is 2.40. The Hall–Kier alpha value is -0.570. The standard InChI is InChI=1S/C16H25NO.ClH/c1-13-6-8-15(9-7-13)16(18)14(2)12-17-10-4-3-5-11-17;/h6-9,14,16,18H,3-5,10-12H2,1-2H3;1H. The molecular weight excluding hydrogens is 258 g/mol. The Morgan fingerprint density at radius 1 is 1.11 bits per heavy atom. The normalized spacial score (nSPS) is 19.5. The van der Waals surface area contributed by atoms with Crippen molar-refractivity contribution in [1.29, 1.82) is 0 Å². The second kappa shape index (κ2) is 7.88. The lowest BCUT2D eigenvalue weighted by molar-refractivity contribution is 0.0820. The topological polar surface area (TPSA) is 23.5 Å². The van der Waals surface area contributed by atoms with Crippen molar-refractivity contribution in [3.63, 3.8) is 0 Å². The minimum absolute atomic E-state index is 0. The van der Waals surface area contributed by atoms with E-state index in [-0.39, 0.29) is 18.5 Å². The lowest BCUT2D eigenvalue weighted by Gasteiger charge is -2.31. The largest absolute Gasteiger partial charge is 0.388 e. The number of nitrogens with zero attached hydrogens (tertiary/aromatic N) is 1. The van der Waals surface area contributed by atoms with Gasteiger partial charge in [0.05, 0.1) is 6.10 Å². The van der Waals surface area contributed by atoms with E-state index in [1.165, 1.54) is 37.9 Å². The minimum atomic E-state index is -0.340. The molecule has 3 heteroatoms. The summed E-state index contributed by atoms with van der Waals surface area (Å²) in [6.07, 6.45) is 3.65. The van der Waals surface area contributed by atoms with Crippen molar-refractivity contribution in [2.24, 2.45) is 5.92 Å². The molecular formula is C16H26ClNO. The first kappa shape index (κ1) is 16.5. The molecule has 0 aliphatic carbocycles. The third-order valence-electron chi connectivity index (χ3n) is 3.95. The maximum absolute atomic E-state index is 10.4. The maximum Gasteiger partial charge on any atom is 0.0827 e. The van der Waals surface area contributed by atoms with Gasteiger partial charge in [0.1, 0.15) is 0 Å². The Kier molecular flexibility index (Phi) is 6.84. The second-order valence-electron chi connectivity index (χ2n) is 5.69. The van der Waals surface area contributed by atoms with Crippen LogP contribution in [0.4, 0.5) is 0 Å². The smallest absolute Gasteiger partial charge is 0.0827 e. The van der Waals surface area contributed by atoms with Gasteiger partial charge < -0.3 is 10.0 Å². The van der Waals surface area contributed by atoms with Crippen LogP contribution < -0.4 is 0 Å². The molecule has 0 bridgehead atoms. The van der Waals surface area contributed by atoms with Gasteiger partial charge in [0.15, 0.2) is 0 Å². The van der Waals surface area contributed by atoms with E-state index in [9.17, 15) is 5.11 Å². The van der Waals surface area contributed by atoms with Crippen LogP contribution in [0.2, 0.25) is 0 Å². The van der Waals surface area contributed by atoms with Crippen LogP contribution in [0.15, 0.2) is 24.3 Å². The molecule has 0 radical (unpaired) electrons. The van der Waals surface area contributed by atoms with Crippen molar-refractivity contribution in [2.75, 3.05) is 19.6 Å². The third kappa shape index (κ3) is 4.79. The highest BCUT2D eigenvalue weighted by Crippen LogP contribution is 2.24.